The summed E-state index contributed by atoms with van der Waals surface area (Å²) >= 11 is 0. The van der Waals surface area contributed by atoms with E-state index in [1.54, 1.807) is 0 Å². The van der Waals surface area contributed by atoms with E-state index in [-0.39, 0.29) is 37.7 Å². The van der Waals surface area contributed by atoms with Crippen LogP contribution >= 0.6 is 0 Å². The Bertz CT molecular complexity index is 818. The molecule has 1 saturated carbocycles. The molecule has 0 bridgehead atoms. The number of hydrogen-bond donors (Lipinski definition) is 2. The molecule has 2 fully saturated rings. The van der Waals surface area contributed by atoms with Gasteiger partial charge in [-0.3, -0.25) is 0 Å². The highest BCUT2D eigenvalue weighted by Gasteiger charge is 2.42. The van der Waals surface area contributed by atoms with E-state index in [9.17, 15) is 32.3 Å². The Kier molecular flexibility index (Phi) is 6.77. The number of aliphatic hydroxyl groups excluding tert-OH is 1. The van der Waals surface area contributed by atoms with Crippen LogP contribution in [0.2, 0.25) is 0 Å². The van der Waals surface area contributed by atoms with Crippen molar-refractivity contribution in [3.05, 3.63) is 29.6 Å². The second kappa shape index (κ2) is 9.16. The number of β-amino-alcohol motifs (C(OH)–C–C–N with tert-alkyl or cyclic N) is 1. The normalized spacial score (nSPS) is 21.4. The zero-order valence-corrected chi connectivity index (χ0v) is 16.7. The summed E-state index contributed by atoms with van der Waals surface area (Å²) in [5, 5.41) is 12.7. The van der Waals surface area contributed by atoms with Crippen LogP contribution in [0.5, 0.6) is 5.75 Å². The fourth-order valence-corrected chi connectivity index (χ4v) is 3.64. The van der Waals surface area contributed by atoms with E-state index < -0.39 is 42.2 Å². The molecule has 1 aromatic rings. The van der Waals surface area contributed by atoms with E-state index in [1.165, 1.54) is 16.9 Å². The lowest BCUT2D eigenvalue weighted by Gasteiger charge is -2.40. The van der Waals surface area contributed by atoms with E-state index in [0.717, 1.165) is 25.0 Å². The number of aliphatic hydroxyl groups is 1. The predicted molar refractivity (Wildman–Crippen MR) is 98.6 cm³/mol. The molecule has 2 atom stereocenters. The molecule has 2 aliphatic rings. The van der Waals surface area contributed by atoms with Gasteiger partial charge in [-0.1, -0.05) is 6.07 Å². The predicted octanol–water partition coefficient (Wildman–Crippen LogP) is 2.60. The first-order valence-electron chi connectivity index (χ1n) is 9.68. The van der Waals surface area contributed by atoms with Crippen molar-refractivity contribution in [1.29, 1.82) is 0 Å². The van der Waals surface area contributed by atoms with Crippen LogP contribution in [0.4, 0.5) is 27.2 Å². The number of amides is 3. The highest BCUT2D eigenvalue weighted by molar-refractivity contribution is 5.75. The molecule has 1 aliphatic heterocycles. The molecule has 0 radical (unpaired) electrons. The third-order valence-corrected chi connectivity index (χ3v) is 5.10. The standard InChI is InChI=1S/C19H23F4N3O5/c1-30-18(29)25-9-13(6-14(27)10-25)26(12-3-4-12)17(28)24-8-11-2-5-15(7-16(11)20)31-19(21,22)23/h2,5,7,12-14,27H,3-4,6,8-10H2,1H3,(H,24,28)/t13-,14-/m1/s1. The van der Waals surface area contributed by atoms with Crippen molar-refractivity contribution >= 4 is 12.1 Å². The van der Waals surface area contributed by atoms with Crippen molar-refractivity contribution in [2.75, 3.05) is 20.2 Å². The number of methoxy groups -OCH3 is 1. The van der Waals surface area contributed by atoms with Gasteiger partial charge in [0.2, 0.25) is 0 Å². The molecule has 2 N–H and O–H groups in total. The first-order valence-corrected chi connectivity index (χ1v) is 9.68. The smallest absolute Gasteiger partial charge is 0.453 e. The molecule has 0 aromatic heterocycles. The highest BCUT2D eigenvalue weighted by atomic mass is 19.4. The van der Waals surface area contributed by atoms with Gasteiger partial charge in [0.1, 0.15) is 11.6 Å². The van der Waals surface area contributed by atoms with Gasteiger partial charge in [-0.25, -0.2) is 14.0 Å². The Labute approximate surface area is 175 Å². The maximum Gasteiger partial charge on any atom is 0.573 e. The molecule has 31 heavy (non-hydrogen) atoms. The fraction of sp³-hybridized carbons (Fsp3) is 0.579. The van der Waals surface area contributed by atoms with Crippen LogP contribution in [0, 0.1) is 5.82 Å². The Hall–Kier alpha value is -2.76. The summed E-state index contributed by atoms with van der Waals surface area (Å²) in [6.07, 6.45) is -4.58. The monoisotopic (exact) mass is 449 g/mol. The van der Waals surface area contributed by atoms with Crippen molar-refractivity contribution in [1.82, 2.24) is 15.1 Å². The number of piperidine rings is 1. The zero-order valence-electron chi connectivity index (χ0n) is 16.7. The van der Waals surface area contributed by atoms with Crippen LogP contribution in [-0.2, 0) is 11.3 Å². The molecule has 1 heterocycles. The molecule has 3 amide bonds. The number of carbonyl (C=O) groups is 2. The average molecular weight is 449 g/mol. The Morgan fingerprint density at radius 3 is 2.55 bits per heavy atom. The highest BCUT2D eigenvalue weighted by Crippen LogP contribution is 2.32. The number of nitrogens with zero attached hydrogens (tertiary/aromatic N) is 2. The number of rotatable bonds is 5. The summed E-state index contributed by atoms with van der Waals surface area (Å²) in [4.78, 5) is 27.5. The van der Waals surface area contributed by atoms with Gasteiger partial charge >= 0.3 is 18.5 Å². The third kappa shape index (κ3) is 6.12. The number of hydrogen-bond acceptors (Lipinski definition) is 5. The zero-order chi connectivity index (χ0) is 22.8. The van der Waals surface area contributed by atoms with Crippen molar-refractivity contribution in [2.45, 2.75) is 50.4 Å². The summed E-state index contributed by atoms with van der Waals surface area (Å²) in [5.41, 5.74) is -0.0153. The van der Waals surface area contributed by atoms with Crippen LogP contribution in [0.1, 0.15) is 24.8 Å². The van der Waals surface area contributed by atoms with Crippen LogP contribution in [0.25, 0.3) is 0 Å². The number of likely N-dealkylation sites (tertiary alicyclic amines) is 1. The van der Waals surface area contributed by atoms with Crippen LogP contribution in [-0.4, -0.2) is 71.8 Å². The van der Waals surface area contributed by atoms with Gasteiger partial charge in [-0.15, -0.1) is 13.2 Å². The van der Waals surface area contributed by atoms with Crippen molar-refractivity contribution in [2.24, 2.45) is 0 Å². The minimum absolute atomic E-state index is 0.0153. The van der Waals surface area contributed by atoms with Gasteiger partial charge in [0.05, 0.1) is 25.8 Å². The van der Waals surface area contributed by atoms with E-state index in [2.05, 4.69) is 10.1 Å². The topological polar surface area (TPSA) is 91.3 Å². The molecule has 1 saturated heterocycles. The van der Waals surface area contributed by atoms with Gasteiger partial charge in [-0.05, 0) is 25.3 Å². The molecule has 12 heteroatoms. The quantitative estimate of drug-likeness (QED) is 0.675. The Morgan fingerprint density at radius 2 is 1.97 bits per heavy atom. The van der Waals surface area contributed by atoms with Crippen molar-refractivity contribution in [3.63, 3.8) is 0 Å². The number of alkyl halides is 3. The molecule has 1 aromatic carbocycles. The largest absolute Gasteiger partial charge is 0.573 e. The SMILES string of the molecule is COC(=O)N1C[C@H](O)C[C@@H](N(C(=O)NCc2ccc(OC(F)(F)F)cc2F)C2CC2)C1. The van der Waals surface area contributed by atoms with E-state index >= 15 is 0 Å². The van der Waals surface area contributed by atoms with Gasteiger partial charge in [0.25, 0.3) is 0 Å². The Balaban J connectivity index is 1.64. The lowest BCUT2D eigenvalue weighted by molar-refractivity contribution is -0.274. The number of urea groups is 1. The lowest BCUT2D eigenvalue weighted by Crippen LogP contribution is -2.58. The number of ether oxygens (including phenoxy) is 2. The second-order valence-corrected chi connectivity index (χ2v) is 7.52. The van der Waals surface area contributed by atoms with E-state index in [0.29, 0.717) is 6.07 Å². The summed E-state index contributed by atoms with van der Waals surface area (Å²) in [6, 6.07) is 1.62. The van der Waals surface area contributed by atoms with Crippen LogP contribution in [0.3, 0.4) is 0 Å². The summed E-state index contributed by atoms with van der Waals surface area (Å²) in [5.74, 6) is -1.65. The van der Waals surface area contributed by atoms with Gasteiger partial charge < -0.3 is 29.7 Å². The third-order valence-electron chi connectivity index (χ3n) is 5.10. The average Bonchev–Trinajstić information content (AvgIpc) is 3.50. The minimum atomic E-state index is -4.93. The van der Waals surface area contributed by atoms with Gasteiger partial charge in [0.15, 0.2) is 0 Å². The molecule has 0 unspecified atom stereocenters. The first kappa shape index (κ1) is 22.9. The molecular formula is C19H23F4N3O5. The summed E-state index contributed by atoms with van der Waals surface area (Å²) < 4.78 is 59.2. The lowest BCUT2D eigenvalue weighted by atomic mass is 10.0. The number of benzene rings is 1. The van der Waals surface area contributed by atoms with Crippen LogP contribution < -0.4 is 10.1 Å². The maximum atomic E-state index is 14.1. The second-order valence-electron chi connectivity index (χ2n) is 7.52. The number of carbonyl (C=O) groups excluding carboxylic acids is 2. The molecule has 3 rings (SSSR count). The summed E-state index contributed by atoms with van der Waals surface area (Å²) in [7, 11) is 1.23. The molecule has 0 spiro atoms. The Morgan fingerprint density at radius 1 is 1.26 bits per heavy atom. The molecular weight excluding hydrogens is 426 g/mol. The van der Waals surface area contributed by atoms with E-state index in [1.807, 2.05) is 0 Å². The molecule has 172 valence electrons. The first-order chi connectivity index (χ1) is 14.6. The fourth-order valence-electron chi connectivity index (χ4n) is 3.64. The van der Waals surface area contributed by atoms with Gasteiger partial charge in [0, 0.05) is 30.8 Å². The van der Waals surface area contributed by atoms with Crippen LogP contribution in [0.15, 0.2) is 18.2 Å². The molecule has 1 aliphatic carbocycles. The van der Waals surface area contributed by atoms with Crippen molar-refractivity contribution in [3.8, 4) is 5.75 Å². The number of halogens is 4. The molecule has 8 nitrogen and oxygen atoms in total. The summed E-state index contributed by atoms with van der Waals surface area (Å²) in [6.45, 7) is 0.0303. The van der Waals surface area contributed by atoms with E-state index in [4.69, 9.17) is 4.74 Å². The van der Waals surface area contributed by atoms with Crippen molar-refractivity contribution < 1.29 is 41.7 Å². The minimum Gasteiger partial charge on any atom is -0.453 e. The number of nitrogens with one attached hydrogen (secondary N) is 1. The maximum absolute atomic E-state index is 14.1. The van der Waals surface area contributed by atoms with Gasteiger partial charge in [-0.2, -0.15) is 0 Å².